The van der Waals surface area contributed by atoms with Crippen molar-refractivity contribution in [3.63, 3.8) is 0 Å². The number of carbonyl (C=O) groups excluding carboxylic acids is 5. The number of ether oxygens (including phenoxy) is 2. The number of likely N-dealkylation sites (N-methyl/N-ethyl adjacent to an activating group) is 1. The van der Waals surface area contributed by atoms with Crippen molar-refractivity contribution in [1.82, 2.24) is 35.1 Å². The summed E-state index contributed by atoms with van der Waals surface area (Å²) < 4.78 is 14.2. The minimum atomic E-state index is -0.923. The van der Waals surface area contributed by atoms with Crippen LogP contribution in [0.15, 0.2) is 60.8 Å². The molecule has 352 valence electrons. The van der Waals surface area contributed by atoms with E-state index in [1.54, 1.807) is 20.4 Å². The van der Waals surface area contributed by atoms with E-state index in [1.165, 1.54) is 16.0 Å². The van der Waals surface area contributed by atoms with Crippen LogP contribution < -0.4 is 15.6 Å². The summed E-state index contributed by atoms with van der Waals surface area (Å²) in [7, 11) is 3.27. The zero-order valence-electron chi connectivity index (χ0n) is 39.7. The topological polar surface area (TPSA) is 159 Å². The highest BCUT2D eigenvalue weighted by Crippen LogP contribution is 2.42. The van der Waals surface area contributed by atoms with Gasteiger partial charge in [0.05, 0.1) is 24.1 Å². The first-order valence-electron chi connectivity index (χ1n) is 23.3. The van der Waals surface area contributed by atoms with E-state index in [0.29, 0.717) is 38.8 Å². The van der Waals surface area contributed by atoms with E-state index in [2.05, 4.69) is 77.9 Å². The van der Waals surface area contributed by atoms with Gasteiger partial charge in [-0.05, 0) is 107 Å². The van der Waals surface area contributed by atoms with Gasteiger partial charge in [0.15, 0.2) is 0 Å². The van der Waals surface area contributed by atoms with E-state index in [-0.39, 0.29) is 36.9 Å². The Hall–Kier alpha value is -5.54. The lowest BCUT2D eigenvalue weighted by Gasteiger charge is -2.37. The molecule has 2 aromatic heterocycles. The van der Waals surface area contributed by atoms with Gasteiger partial charge in [0, 0.05) is 87.2 Å². The molecule has 65 heavy (non-hydrogen) atoms. The number of carbonyl (C=O) groups is 5. The summed E-state index contributed by atoms with van der Waals surface area (Å²) in [4.78, 5) is 74.8. The maximum atomic E-state index is 14.4. The van der Waals surface area contributed by atoms with E-state index >= 15 is 0 Å². The fraction of sp³-hybridized carbons (Fsp3) is 0.560. The zero-order valence-corrected chi connectivity index (χ0v) is 39.7. The summed E-state index contributed by atoms with van der Waals surface area (Å²) in [6, 6.07) is 8.33. The second-order valence-electron chi connectivity index (χ2n) is 18.9. The highest BCUT2D eigenvalue weighted by atomic mass is 16.5. The number of pyridine rings is 1. The maximum absolute atomic E-state index is 14.4. The Morgan fingerprint density at radius 3 is 2.54 bits per heavy atom. The number of likely N-dealkylation sites (tertiary alicyclic amines) is 1. The van der Waals surface area contributed by atoms with Gasteiger partial charge in [-0.1, -0.05) is 45.9 Å². The molecule has 4 atom stereocenters. The molecule has 0 saturated carbocycles. The zero-order chi connectivity index (χ0) is 47.0. The quantitative estimate of drug-likeness (QED) is 0.108. The van der Waals surface area contributed by atoms with Crippen LogP contribution in [0.2, 0.25) is 0 Å². The third-order valence-electron chi connectivity index (χ3n) is 13.1. The molecule has 2 saturated heterocycles. The van der Waals surface area contributed by atoms with Gasteiger partial charge in [-0.3, -0.25) is 34.0 Å². The molecular weight excluding hydrogens is 825 g/mol. The largest absolute Gasteiger partial charge is 0.464 e. The predicted molar refractivity (Wildman–Crippen MR) is 253 cm³/mol. The van der Waals surface area contributed by atoms with Crippen molar-refractivity contribution < 1.29 is 33.4 Å². The molecule has 4 aliphatic heterocycles. The first-order valence-corrected chi connectivity index (χ1v) is 23.3. The van der Waals surface area contributed by atoms with Crippen LogP contribution in [-0.4, -0.2) is 126 Å². The Morgan fingerprint density at radius 1 is 1.11 bits per heavy atom. The number of hydrogen-bond acceptors (Lipinski definition) is 10. The van der Waals surface area contributed by atoms with Crippen LogP contribution in [0.25, 0.3) is 22.2 Å². The van der Waals surface area contributed by atoms with Crippen molar-refractivity contribution in [2.24, 2.45) is 11.3 Å². The number of esters is 1. The van der Waals surface area contributed by atoms with Crippen LogP contribution in [0.3, 0.4) is 0 Å². The molecule has 0 spiro atoms. The van der Waals surface area contributed by atoms with E-state index in [4.69, 9.17) is 14.5 Å². The average molecular weight is 895 g/mol. The third kappa shape index (κ3) is 11.3. The molecule has 3 unspecified atom stereocenters. The maximum Gasteiger partial charge on any atom is 0.324 e. The summed E-state index contributed by atoms with van der Waals surface area (Å²) in [5.41, 5.74) is 10.0. The highest BCUT2D eigenvalue weighted by Gasteiger charge is 2.37. The third-order valence-corrected chi connectivity index (χ3v) is 13.1. The Kier molecular flexibility index (Phi) is 16.3. The van der Waals surface area contributed by atoms with E-state index in [1.807, 2.05) is 31.7 Å². The molecule has 1 aromatic carbocycles. The number of fused-ring (bicyclic) bond motifs is 6. The van der Waals surface area contributed by atoms with Crippen molar-refractivity contribution >= 4 is 46.7 Å². The first kappa shape index (κ1) is 48.9. The molecular formula is C50H70N8O7. The molecule has 6 bridgehead atoms. The summed E-state index contributed by atoms with van der Waals surface area (Å²) >= 11 is 0. The molecule has 15 heteroatoms. The van der Waals surface area contributed by atoms with Crippen LogP contribution >= 0.6 is 0 Å². The fourth-order valence-corrected chi connectivity index (χ4v) is 9.67. The fourth-order valence-electron chi connectivity index (χ4n) is 9.67. The second kappa shape index (κ2) is 21.6. The number of aryl methyl sites for hydroxylation is 1. The Bertz CT molecular complexity index is 2240. The first-order chi connectivity index (χ1) is 31.1. The monoisotopic (exact) mass is 895 g/mol. The molecule has 0 aliphatic carbocycles. The van der Waals surface area contributed by atoms with Crippen molar-refractivity contribution in [2.75, 3.05) is 58.4 Å². The number of hydrogen-bond donors (Lipinski definition) is 2. The van der Waals surface area contributed by atoms with Gasteiger partial charge in [0.2, 0.25) is 18.2 Å². The van der Waals surface area contributed by atoms with Crippen LogP contribution in [0, 0.1) is 11.3 Å². The average Bonchev–Trinajstić information content (AvgIpc) is 3.96. The number of nitrogens with zero attached hydrogens (tertiary/aromatic N) is 6. The molecule has 6 heterocycles. The molecule has 15 nitrogen and oxygen atoms in total. The summed E-state index contributed by atoms with van der Waals surface area (Å²) in [6.07, 6.45) is 10.9. The van der Waals surface area contributed by atoms with E-state index in [9.17, 15) is 24.0 Å². The molecule has 4 aliphatic rings. The van der Waals surface area contributed by atoms with Crippen molar-refractivity contribution in [1.29, 1.82) is 0 Å². The second-order valence-corrected chi connectivity index (χ2v) is 18.9. The lowest BCUT2D eigenvalue weighted by Crippen LogP contribution is -2.61. The number of benzene rings is 1. The Labute approximate surface area is 384 Å². The minimum absolute atomic E-state index is 0.0764. The number of aromatic nitrogens is 2. The van der Waals surface area contributed by atoms with Crippen molar-refractivity contribution in [3.05, 3.63) is 72.1 Å². The van der Waals surface area contributed by atoms with Gasteiger partial charge in [-0.2, -0.15) is 0 Å². The van der Waals surface area contributed by atoms with E-state index in [0.717, 1.165) is 90.1 Å². The van der Waals surface area contributed by atoms with Gasteiger partial charge in [0.25, 0.3) is 5.91 Å². The predicted octanol–water partition coefficient (Wildman–Crippen LogP) is 5.97. The van der Waals surface area contributed by atoms with Crippen LogP contribution in [-0.2, 0) is 46.4 Å². The molecule has 2 N–H and O–H groups in total. The molecule has 2 fully saturated rings. The van der Waals surface area contributed by atoms with Gasteiger partial charge in [-0.15, -0.1) is 0 Å². The highest BCUT2D eigenvalue weighted by molar-refractivity contribution is 5.95. The normalized spacial score (nSPS) is 21.1. The van der Waals surface area contributed by atoms with Crippen molar-refractivity contribution in [2.45, 2.75) is 117 Å². The minimum Gasteiger partial charge on any atom is -0.464 e. The summed E-state index contributed by atoms with van der Waals surface area (Å²) in [5, 5.41) is 5.61. The molecule has 3 aromatic rings. The number of anilines is 1. The number of cyclic esters (lactones) is 1. The number of hydrazine groups is 1. The lowest BCUT2D eigenvalue weighted by molar-refractivity contribution is -0.155. The van der Waals surface area contributed by atoms with Crippen LogP contribution in [0.5, 0.6) is 0 Å². The van der Waals surface area contributed by atoms with Gasteiger partial charge in [-0.25, -0.2) is 5.43 Å². The smallest absolute Gasteiger partial charge is 0.324 e. The summed E-state index contributed by atoms with van der Waals surface area (Å²) in [6.45, 7) is 20.1. The van der Waals surface area contributed by atoms with Crippen LogP contribution in [0.1, 0.15) is 97.4 Å². The van der Waals surface area contributed by atoms with Gasteiger partial charge < -0.3 is 34.1 Å². The Balaban J connectivity index is 0.000000694. The van der Waals surface area contributed by atoms with Crippen molar-refractivity contribution in [3.8, 4) is 11.3 Å². The summed E-state index contributed by atoms with van der Waals surface area (Å²) in [5.74, 6) is -1.26. The number of methoxy groups -OCH3 is 1. The van der Waals surface area contributed by atoms with Gasteiger partial charge in [0.1, 0.15) is 18.1 Å². The number of rotatable bonds is 10. The molecule has 4 amide bonds. The number of nitrogens with one attached hydrogen (secondary N) is 2. The van der Waals surface area contributed by atoms with Crippen LogP contribution in [0.4, 0.5) is 5.69 Å². The standard InChI is InChI=1S/C43H59N7O6.C7H11NO/c1-9-49-36-17-16-30-22-32(36)33(39(49)31-14-10-18-44-37(31)28(4)55-8)23-43(5,6)25-56-42(54)34-15-12-20-50(46-34)41(53)35(21-29-13-11-19-48(30)24-29)45-40(52)38(27(2)3)47(7)26-51;1-2-7(9)8-5-3-4-6-8/h10,13-14,16-18,22,26-28,34-35,38,46H,9,11-12,15,19-21,23-25H2,1-8H3,(H,45,52);2H,1,3-6H2/t28?,34-,35?,38?;/m0./s1. The van der Waals surface area contributed by atoms with E-state index < -0.39 is 35.4 Å². The SMILES string of the molecule is C=CC(=O)N1CCCC1.CCn1c(-c2cccnc2C(C)OC)c2c3cc(ccc31)N1CCC=C(CC(NC(=O)C(C(C)C)N(C)C=O)C(=O)N3CCC[C@H](N3)C(=O)OCC(C)(C)C2)C1. The van der Waals surface area contributed by atoms with Gasteiger partial charge >= 0.3 is 5.97 Å². The number of amides is 4. The molecule has 0 radical (unpaired) electrons. The Morgan fingerprint density at radius 2 is 1.86 bits per heavy atom. The molecule has 7 rings (SSSR count). The lowest BCUT2D eigenvalue weighted by atomic mass is 9.84.